The van der Waals surface area contributed by atoms with Crippen LogP contribution in [0.25, 0.3) is 0 Å². The Hall–Kier alpha value is -0.390. The van der Waals surface area contributed by atoms with E-state index in [9.17, 15) is 4.39 Å². The number of rotatable bonds is 2. The smallest absolute Gasteiger partial charge is 0.250 e. The molecule has 0 aliphatic rings. The van der Waals surface area contributed by atoms with Crippen molar-refractivity contribution < 1.29 is 9.13 Å². The molecule has 0 aliphatic carbocycles. The third-order valence-electron chi connectivity index (χ3n) is 1.45. The van der Waals surface area contributed by atoms with Gasteiger partial charge in [-0.3, -0.25) is 0 Å². The normalized spacial score (nSPS) is 10.0. The van der Waals surface area contributed by atoms with Crippen LogP contribution in [-0.2, 0) is 0 Å². The maximum absolute atomic E-state index is 13.3. The molecule has 0 amide bonds. The zero-order valence-electron chi connectivity index (χ0n) is 6.90. The molecule has 0 unspecified atom stereocenters. The van der Waals surface area contributed by atoms with Gasteiger partial charge >= 0.3 is 0 Å². The summed E-state index contributed by atoms with van der Waals surface area (Å²) in [4.78, 5) is 3.82. The highest BCUT2D eigenvalue weighted by Crippen LogP contribution is 2.21. The van der Waals surface area contributed by atoms with E-state index in [1.54, 1.807) is 20.0 Å². The fourth-order valence-corrected chi connectivity index (χ4v) is 1.15. The molecule has 0 spiro atoms. The SMILES string of the molecule is CCOc1ncc(I)c(C)c1F. The molecular formula is C8H9FINO. The zero-order chi connectivity index (χ0) is 9.14. The van der Waals surface area contributed by atoms with Gasteiger partial charge in [0.25, 0.3) is 5.88 Å². The maximum atomic E-state index is 13.3. The lowest BCUT2D eigenvalue weighted by Crippen LogP contribution is -2.00. The average molecular weight is 281 g/mol. The van der Waals surface area contributed by atoms with Crippen molar-refractivity contribution in [3.05, 3.63) is 21.1 Å². The summed E-state index contributed by atoms with van der Waals surface area (Å²) in [5, 5.41) is 0. The number of pyridine rings is 1. The van der Waals surface area contributed by atoms with Crippen LogP contribution in [0.1, 0.15) is 12.5 Å². The van der Waals surface area contributed by atoms with Gasteiger partial charge in [0.15, 0.2) is 5.82 Å². The van der Waals surface area contributed by atoms with E-state index in [4.69, 9.17) is 4.74 Å². The molecule has 0 bridgehead atoms. The Morgan fingerprint density at radius 2 is 2.33 bits per heavy atom. The van der Waals surface area contributed by atoms with E-state index in [0.29, 0.717) is 12.2 Å². The van der Waals surface area contributed by atoms with Crippen LogP contribution in [0.4, 0.5) is 4.39 Å². The minimum absolute atomic E-state index is 0.0930. The summed E-state index contributed by atoms with van der Waals surface area (Å²) in [7, 11) is 0. The van der Waals surface area contributed by atoms with E-state index >= 15 is 0 Å². The first-order chi connectivity index (χ1) is 5.66. The molecule has 0 fully saturated rings. The Bertz CT molecular complexity index is 291. The van der Waals surface area contributed by atoms with E-state index in [1.807, 2.05) is 22.6 Å². The Morgan fingerprint density at radius 1 is 1.67 bits per heavy atom. The lowest BCUT2D eigenvalue weighted by atomic mass is 10.3. The molecule has 1 aromatic heterocycles. The molecule has 4 heteroatoms. The summed E-state index contributed by atoms with van der Waals surface area (Å²) in [6, 6.07) is 0. The monoisotopic (exact) mass is 281 g/mol. The van der Waals surface area contributed by atoms with Crippen molar-refractivity contribution in [2.24, 2.45) is 0 Å². The fourth-order valence-electron chi connectivity index (χ4n) is 0.771. The summed E-state index contributed by atoms with van der Waals surface area (Å²) in [6.45, 7) is 3.94. The number of aromatic nitrogens is 1. The van der Waals surface area contributed by atoms with Crippen molar-refractivity contribution in [3.8, 4) is 5.88 Å². The lowest BCUT2D eigenvalue weighted by Gasteiger charge is -2.05. The molecule has 66 valence electrons. The van der Waals surface area contributed by atoms with Gasteiger partial charge in [0.2, 0.25) is 0 Å². The number of ether oxygens (including phenoxy) is 1. The molecule has 0 aromatic carbocycles. The topological polar surface area (TPSA) is 22.1 Å². The first-order valence-corrected chi connectivity index (χ1v) is 4.68. The van der Waals surface area contributed by atoms with Crippen molar-refractivity contribution in [3.63, 3.8) is 0 Å². The molecule has 1 rings (SSSR count). The van der Waals surface area contributed by atoms with Crippen molar-refractivity contribution in [1.82, 2.24) is 4.98 Å². The number of hydrogen-bond acceptors (Lipinski definition) is 2. The van der Waals surface area contributed by atoms with Crippen LogP contribution >= 0.6 is 22.6 Å². The quantitative estimate of drug-likeness (QED) is 0.777. The third kappa shape index (κ3) is 1.85. The van der Waals surface area contributed by atoms with Gasteiger partial charge in [-0.15, -0.1) is 0 Å². The van der Waals surface area contributed by atoms with Gasteiger partial charge in [0, 0.05) is 15.3 Å². The summed E-state index contributed by atoms with van der Waals surface area (Å²) in [5.41, 5.74) is 0.592. The van der Waals surface area contributed by atoms with Crippen molar-refractivity contribution in [2.75, 3.05) is 6.61 Å². The Labute approximate surface area is 84.3 Å². The molecule has 0 radical (unpaired) electrons. The highest BCUT2D eigenvalue weighted by atomic mass is 127. The van der Waals surface area contributed by atoms with E-state index in [1.165, 1.54) is 0 Å². The molecule has 2 nitrogen and oxygen atoms in total. The third-order valence-corrected chi connectivity index (χ3v) is 2.54. The van der Waals surface area contributed by atoms with E-state index in [2.05, 4.69) is 4.98 Å². The molecule has 0 aliphatic heterocycles. The van der Waals surface area contributed by atoms with E-state index in [-0.39, 0.29) is 11.7 Å². The first kappa shape index (κ1) is 9.70. The average Bonchev–Trinajstić information content (AvgIpc) is 2.07. The maximum Gasteiger partial charge on any atom is 0.250 e. The summed E-state index contributed by atoms with van der Waals surface area (Å²) < 4.78 is 19.1. The first-order valence-electron chi connectivity index (χ1n) is 3.60. The molecule has 0 N–H and O–H groups in total. The second kappa shape index (κ2) is 4.02. The Kier molecular flexibility index (Phi) is 3.25. The minimum atomic E-state index is -0.358. The van der Waals surface area contributed by atoms with Crippen LogP contribution in [0.15, 0.2) is 6.20 Å². The molecule has 0 saturated heterocycles. The zero-order valence-corrected chi connectivity index (χ0v) is 9.05. The summed E-state index contributed by atoms with van der Waals surface area (Å²) in [5.74, 6) is -0.265. The highest BCUT2D eigenvalue weighted by molar-refractivity contribution is 14.1. The lowest BCUT2D eigenvalue weighted by molar-refractivity contribution is 0.306. The van der Waals surface area contributed by atoms with Gasteiger partial charge in [-0.25, -0.2) is 9.37 Å². The number of hydrogen-bond donors (Lipinski definition) is 0. The van der Waals surface area contributed by atoms with Gasteiger partial charge in [-0.05, 0) is 36.4 Å². The van der Waals surface area contributed by atoms with Crippen LogP contribution in [-0.4, -0.2) is 11.6 Å². The van der Waals surface area contributed by atoms with Crippen LogP contribution in [0.5, 0.6) is 5.88 Å². The molecule has 0 saturated carbocycles. The predicted molar refractivity (Wildman–Crippen MR) is 52.8 cm³/mol. The Balaban J connectivity index is 3.08. The van der Waals surface area contributed by atoms with Crippen molar-refractivity contribution in [1.29, 1.82) is 0 Å². The second-order valence-electron chi connectivity index (χ2n) is 2.28. The summed E-state index contributed by atoms with van der Waals surface area (Å²) in [6.07, 6.45) is 1.60. The highest BCUT2D eigenvalue weighted by Gasteiger charge is 2.09. The molecule has 12 heavy (non-hydrogen) atoms. The van der Waals surface area contributed by atoms with Crippen molar-refractivity contribution in [2.45, 2.75) is 13.8 Å². The molecule has 1 aromatic rings. The Morgan fingerprint density at radius 3 is 2.92 bits per heavy atom. The largest absolute Gasteiger partial charge is 0.476 e. The second-order valence-corrected chi connectivity index (χ2v) is 3.45. The van der Waals surface area contributed by atoms with E-state index < -0.39 is 0 Å². The van der Waals surface area contributed by atoms with Crippen molar-refractivity contribution >= 4 is 22.6 Å². The van der Waals surface area contributed by atoms with Gasteiger partial charge in [0.05, 0.1) is 6.61 Å². The van der Waals surface area contributed by atoms with Crippen LogP contribution in [0.3, 0.4) is 0 Å². The number of halogens is 2. The van der Waals surface area contributed by atoms with Gasteiger partial charge in [-0.1, -0.05) is 0 Å². The molecule has 0 atom stereocenters. The van der Waals surface area contributed by atoms with Crippen LogP contribution in [0.2, 0.25) is 0 Å². The van der Waals surface area contributed by atoms with Crippen LogP contribution in [0, 0.1) is 16.3 Å². The van der Waals surface area contributed by atoms with Gasteiger partial charge in [0.1, 0.15) is 0 Å². The van der Waals surface area contributed by atoms with Gasteiger partial charge in [-0.2, -0.15) is 0 Å². The predicted octanol–water partition coefficient (Wildman–Crippen LogP) is 2.53. The van der Waals surface area contributed by atoms with E-state index in [0.717, 1.165) is 3.57 Å². The minimum Gasteiger partial charge on any atom is -0.476 e. The standard InChI is InChI=1S/C8H9FINO/c1-3-12-8-7(9)5(2)6(10)4-11-8/h4H,3H2,1-2H3. The van der Waals surface area contributed by atoms with Crippen LogP contribution < -0.4 is 4.74 Å². The molecular weight excluding hydrogens is 272 g/mol. The molecule has 1 heterocycles. The summed E-state index contributed by atoms with van der Waals surface area (Å²) >= 11 is 2.04. The van der Waals surface area contributed by atoms with Gasteiger partial charge < -0.3 is 4.74 Å². The fraction of sp³-hybridized carbons (Fsp3) is 0.375. The number of nitrogens with zero attached hydrogens (tertiary/aromatic N) is 1.